The van der Waals surface area contributed by atoms with Crippen molar-refractivity contribution < 1.29 is 9.53 Å². The van der Waals surface area contributed by atoms with Crippen LogP contribution in [-0.4, -0.2) is 32.1 Å². The minimum Gasteiger partial charge on any atom is -0.493 e. The molecule has 4 nitrogen and oxygen atoms in total. The Morgan fingerprint density at radius 3 is 2.70 bits per heavy atom. The van der Waals surface area contributed by atoms with E-state index in [2.05, 4.69) is 24.5 Å². The van der Waals surface area contributed by atoms with Gasteiger partial charge in [0, 0.05) is 18.7 Å². The van der Waals surface area contributed by atoms with E-state index in [1.165, 1.54) is 0 Å². The van der Waals surface area contributed by atoms with E-state index in [-0.39, 0.29) is 18.3 Å². The van der Waals surface area contributed by atoms with Crippen LogP contribution in [0.25, 0.3) is 0 Å². The number of amides is 1. The number of carbonyl (C=O) groups excluding carboxylic acids is 1. The predicted molar refractivity (Wildman–Crippen MR) is 84.9 cm³/mol. The number of ether oxygens (including phenoxy) is 1. The standard InChI is InChI=1S/C15H24N2O2.ClH/c1-4-16-8-9-17-15(18)13-6-5-7-14(10-13)19-11-12(2)3;/h5-7,10,12,16H,4,8-9,11H2,1-3H3,(H,17,18);1H. The third-order valence-electron chi connectivity index (χ3n) is 2.52. The van der Waals surface area contributed by atoms with Gasteiger partial charge >= 0.3 is 0 Å². The molecule has 0 saturated heterocycles. The molecule has 0 spiro atoms. The molecule has 1 amide bonds. The lowest BCUT2D eigenvalue weighted by Crippen LogP contribution is -2.31. The average Bonchev–Trinajstić information content (AvgIpc) is 2.41. The van der Waals surface area contributed by atoms with Gasteiger partial charge in [0.05, 0.1) is 6.61 Å². The van der Waals surface area contributed by atoms with Gasteiger partial charge in [-0.3, -0.25) is 4.79 Å². The molecule has 2 N–H and O–H groups in total. The van der Waals surface area contributed by atoms with Crippen molar-refractivity contribution in [3.63, 3.8) is 0 Å². The molecular formula is C15H25ClN2O2. The van der Waals surface area contributed by atoms with Crippen LogP contribution in [-0.2, 0) is 0 Å². The third kappa shape index (κ3) is 7.36. The largest absolute Gasteiger partial charge is 0.493 e. The van der Waals surface area contributed by atoms with Crippen molar-refractivity contribution in [1.82, 2.24) is 10.6 Å². The Balaban J connectivity index is 0.00000361. The highest BCUT2D eigenvalue weighted by Crippen LogP contribution is 2.14. The van der Waals surface area contributed by atoms with Crippen LogP contribution in [0.15, 0.2) is 24.3 Å². The number of hydrogen-bond acceptors (Lipinski definition) is 3. The van der Waals surface area contributed by atoms with Gasteiger partial charge in [0.15, 0.2) is 0 Å². The maximum Gasteiger partial charge on any atom is 0.251 e. The summed E-state index contributed by atoms with van der Waals surface area (Å²) < 4.78 is 5.61. The number of nitrogens with one attached hydrogen (secondary N) is 2. The van der Waals surface area contributed by atoms with Gasteiger partial charge in [0.2, 0.25) is 0 Å². The molecule has 0 heterocycles. The first-order valence-electron chi connectivity index (χ1n) is 6.85. The van der Waals surface area contributed by atoms with Gasteiger partial charge in [-0.15, -0.1) is 12.4 Å². The van der Waals surface area contributed by atoms with Crippen LogP contribution in [0.4, 0.5) is 0 Å². The van der Waals surface area contributed by atoms with E-state index in [1.807, 2.05) is 19.1 Å². The fourth-order valence-corrected chi connectivity index (χ4v) is 1.53. The number of rotatable bonds is 8. The normalized spacial score (nSPS) is 10.0. The van der Waals surface area contributed by atoms with Crippen molar-refractivity contribution in [1.29, 1.82) is 0 Å². The smallest absolute Gasteiger partial charge is 0.251 e. The second kappa shape index (κ2) is 10.5. The van der Waals surface area contributed by atoms with E-state index in [0.717, 1.165) is 18.8 Å². The lowest BCUT2D eigenvalue weighted by Gasteiger charge is -2.10. The van der Waals surface area contributed by atoms with E-state index in [4.69, 9.17) is 4.74 Å². The number of likely N-dealkylation sites (N-methyl/N-ethyl adjacent to an activating group) is 1. The Bertz CT molecular complexity index is 397. The molecule has 5 heteroatoms. The summed E-state index contributed by atoms with van der Waals surface area (Å²) in [6.07, 6.45) is 0. The van der Waals surface area contributed by atoms with E-state index >= 15 is 0 Å². The van der Waals surface area contributed by atoms with Crippen molar-refractivity contribution in [2.75, 3.05) is 26.2 Å². The van der Waals surface area contributed by atoms with E-state index < -0.39 is 0 Å². The van der Waals surface area contributed by atoms with Crippen LogP contribution in [0.5, 0.6) is 5.75 Å². The lowest BCUT2D eigenvalue weighted by molar-refractivity contribution is 0.0953. The zero-order valence-electron chi connectivity index (χ0n) is 12.4. The fraction of sp³-hybridized carbons (Fsp3) is 0.533. The van der Waals surface area contributed by atoms with Crippen molar-refractivity contribution in [2.45, 2.75) is 20.8 Å². The minimum atomic E-state index is -0.0621. The molecule has 0 aromatic heterocycles. The number of hydrogen-bond donors (Lipinski definition) is 2. The fourth-order valence-electron chi connectivity index (χ4n) is 1.53. The van der Waals surface area contributed by atoms with Crippen LogP contribution < -0.4 is 15.4 Å². The maximum absolute atomic E-state index is 11.9. The van der Waals surface area contributed by atoms with Crippen LogP contribution in [0.3, 0.4) is 0 Å². The molecule has 0 fully saturated rings. The summed E-state index contributed by atoms with van der Waals surface area (Å²) in [6, 6.07) is 7.29. The first-order valence-corrected chi connectivity index (χ1v) is 6.85. The number of benzene rings is 1. The zero-order valence-corrected chi connectivity index (χ0v) is 13.3. The number of halogens is 1. The lowest BCUT2D eigenvalue weighted by atomic mass is 10.2. The second-order valence-electron chi connectivity index (χ2n) is 4.84. The molecule has 0 aliphatic rings. The zero-order chi connectivity index (χ0) is 14.1. The molecule has 0 aliphatic carbocycles. The van der Waals surface area contributed by atoms with Crippen molar-refractivity contribution >= 4 is 18.3 Å². The Morgan fingerprint density at radius 1 is 1.30 bits per heavy atom. The first kappa shape index (κ1) is 18.7. The Hall–Kier alpha value is -1.26. The molecule has 20 heavy (non-hydrogen) atoms. The molecule has 0 atom stereocenters. The predicted octanol–water partition coefficient (Wildman–Crippen LogP) is 2.48. The van der Waals surface area contributed by atoms with Crippen LogP contribution in [0.1, 0.15) is 31.1 Å². The van der Waals surface area contributed by atoms with Crippen LogP contribution in [0.2, 0.25) is 0 Å². The highest BCUT2D eigenvalue weighted by Gasteiger charge is 2.06. The highest BCUT2D eigenvalue weighted by molar-refractivity contribution is 5.94. The van der Waals surface area contributed by atoms with Gasteiger partial charge in [-0.2, -0.15) is 0 Å². The van der Waals surface area contributed by atoms with E-state index in [9.17, 15) is 4.79 Å². The molecule has 0 aliphatic heterocycles. The molecule has 114 valence electrons. The summed E-state index contributed by atoms with van der Waals surface area (Å²) >= 11 is 0. The summed E-state index contributed by atoms with van der Waals surface area (Å²) in [5.41, 5.74) is 0.637. The highest BCUT2D eigenvalue weighted by atomic mass is 35.5. The molecule has 1 aromatic rings. The summed E-state index contributed by atoms with van der Waals surface area (Å²) in [5.74, 6) is 1.15. The first-order chi connectivity index (χ1) is 9.13. The summed E-state index contributed by atoms with van der Waals surface area (Å²) in [4.78, 5) is 11.9. The van der Waals surface area contributed by atoms with Crippen molar-refractivity contribution in [3.8, 4) is 5.75 Å². The SMILES string of the molecule is CCNCCNC(=O)c1cccc(OCC(C)C)c1.Cl. The van der Waals surface area contributed by atoms with Crippen LogP contribution in [0, 0.1) is 5.92 Å². The second-order valence-corrected chi connectivity index (χ2v) is 4.84. The van der Waals surface area contributed by atoms with Gasteiger partial charge in [-0.1, -0.05) is 26.8 Å². The molecular weight excluding hydrogens is 276 g/mol. The number of carbonyl (C=O) groups is 1. The van der Waals surface area contributed by atoms with Gasteiger partial charge in [0.25, 0.3) is 5.91 Å². The van der Waals surface area contributed by atoms with Gasteiger partial charge in [-0.05, 0) is 30.7 Å². The van der Waals surface area contributed by atoms with Gasteiger partial charge in [-0.25, -0.2) is 0 Å². The van der Waals surface area contributed by atoms with Crippen molar-refractivity contribution in [2.24, 2.45) is 5.92 Å². The summed E-state index contributed by atoms with van der Waals surface area (Å²) in [5, 5.41) is 6.03. The molecule has 1 rings (SSSR count). The quantitative estimate of drug-likeness (QED) is 0.725. The topological polar surface area (TPSA) is 50.4 Å². The monoisotopic (exact) mass is 300 g/mol. The molecule has 0 unspecified atom stereocenters. The van der Waals surface area contributed by atoms with Gasteiger partial charge in [0.1, 0.15) is 5.75 Å². The third-order valence-corrected chi connectivity index (χ3v) is 2.52. The molecule has 1 aromatic carbocycles. The summed E-state index contributed by atoms with van der Waals surface area (Å²) in [7, 11) is 0. The Kier molecular flexibility index (Phi) is 9.86. The Morgan fingerprint density at radius 2 is 2.05 bits per heavy atom. The van der Waals surface area contributed by atoms with Crippen molar-refractivity contribution in [3.05, 3.63) is 29.8 Å². The van der Waals surface area contributed by atoms with E-state index in [1.54, 1.807) is 12.1 Å². The molecule has 0 bridgehead atoms. The summed E-state index contributed by atoms with van der Waals surface area (Å²) in [6.45, 7) is 9.21. The average molecular weight is 301 g/mol. The minimum absolute atomic E-state index is 0. The molecule has 0 saturated carbocycles. The van der Waals surface area contributed by atoms with Gasteiger partial charge < -0.3 is 15.4 Å². The van der Waals surface area contributed by atoms with Crippen LogP contribution >= 0.6 is 12.4 Å². The maximum atomic E-state index is 11.9. The molecule has 0 radical (unpaired) electrons. The Labute approximate surface area is 127 Å². The van der Waals surface area contributed by atoms with E-state index in [0.29, 0.717) is 24.6 Å².